The largest absolute Gasteiger partial charge is 0.390 e. The van der Waals surface area contributed by atoms with Gasteiger partial charge in [0.2, 0.25) is 0 Å². The van der Waals surface area contributed by atoms with E-state index in [2.05, 4.69) is 25.0 Å². The molecule has 4 heteroatoms. The van der Waals surface area contributed by atoms with Gasteiger partial charge in [0.05, 0.1) is 17.9 Å². The summed E-state index contributed by atoms with van der Waals surface area (Å²) in [5, 5.41) is 14.5. The number of hydrogen-bond acceptors (Lipinski definition) is 3. The first kappa shape index (κ1) is 14.2. The van der Waals surface area contributed by atoms with Crippen LogP contribution in [0.3, 0.4) is 0 Å². The van der Waals surface area contributed by atoms with Gasteiger partial charge in [0.1, 0.15) is 0 Å². The maximum atomic E-state index is 10.0. The van der Waals surface area contributed by atoms with Crippen molar-refractivity contribution in [1.82, 2.24) is 9.78 Å². The molecule has 1 rings (SSSR count). The van der Waals surface area contributed by atoms with Crippen LogP contribution in [0.4, 0.5) is 0 Å². The molecule has 0 aliphatic rings. The van der Waals surface area contributed by atoms with Crippen molar-refractivity contribution in [2.24, 2.45) is 0 Å². The summed E-state index contributed by atoms with van der Waals surface area (Å²) in [5.41, 5.74) is 2.17. The van der Waals surface area contributed by atoms with Gasteiger partial charge in [0.25, 0.3) is 0 Å². The van der Waals surface area contributed by atoms with Crippen molar-refractivity contribution in [2.75, 3.05) is 6.61 Å². The second kappa shape index (κ2) is 6.77. The minimum absolute atomic E-state index is 0.134. The number of ether oxygens (including phenoxy) is 1. The number of aromatic nitrogens is 2. The van der Waals surface area contributed by atoms with Crippen molar-refractivity contribution in [3.63, 3.8) is 0 Å². The first-order valence-electron chi connectivity index (χ1n) is 6.47. The summed E-state index contributed by atoms with van der Waals surface area (Å²) in [7, 11) is 0. The maximum absolute atomic E-state index is 10.0. The van der Waals surface area contributed by atoms with E-state index in [1.807, 2.05) is 18.5 Å². The van der Waals surface area contributed by atoms with E-state index in [0.29, 0.717) is 13.0 Å². The van der Waals surface area contributed by atoms with E-state index in [0.717, 1.165) is 24.4 Å². The van der Waals surface area contributed by atoms with E-state index < -0.39 is 6.10 Å². The van der Waals surface area contributed by atoms with Crippen molar-refractivity contribution < 1.29 is 9.84 Å². The van der Waals surface area contributed by atoms with Crippen LogP contribution in [0.1, 0.15) is 39.1 Å². The van der Waals surface area contributed by atoms with Crippen LogP contribution in [0.2, 0.25) is 0 Å². The molecule has 1 aromatic heterocycles. The van der Waals surface area contributed by atoms with Gasteiger partial charge < -0.3 is 9.84 Å². The van der Waals surface area contributed by atoms with E-state index in [1.165, 1.54) is 0 Å². The summed E-state index contributed by atoms with van der Waals surface area (Å²) in [4.78, 5) is 0. The predicted molar refractivity (Wildman–Crippen MR) is 68.1 cm³/mol. The molecule has 0 aliphatic heterocycles. The van der Waals surface area contributed by atoms with Gasteiger partial charge in [0.15, 0.2) is 0 Å². The lowest BCUT2D eigenvalue weighted by Crippen LogP contribution is -2.29. The highest BCUT2D eigenvalue weighted by Crippen LogP contribution is 2.11. The average Bonchev–Trinajstić information content (AvgIpc) is 2.71. The van der Waals surface area contributed by atoms with Crippen molar-refractivity contribution in [3.05, 3.63) is 17.5 Å². The lowest BCUT2D eigenvalue weighted by molar-refractivity contribution is -0.0215. The topological polar surface area (TPSA) is 47.3 Å². The molecule has 1 N–H and O–H groups in total. The average molecular weight is 240 g/mol. The normalized spacial score (nSPS) is 14.9. The molecule has 4 nitrogen and oxygen atoms in total. The lowest BCUT2D eigenvalue weighted by Gasteiger charge is -2.18. The van der Waals surface area contributed by atoms with Crippen LogP contribution in [-0.2, 0) is 24.1 Å². The van der Waals surface area contributed by atoms with Crippen molar-refractivity contribution in [1.29, 1.82) is 0 Å². The lowest BCUT2D eigenvalue weighted by atomic mass is 10.1. The Balaban J connectivity index is 2.69. The highest BCUT2D eigenvalue weighted by Gasteiger charge is 2.17. The zero-order valence-corrected chi connectivity index (χ0v) is 11.3. The number of hydrogen-bond donors (Lipinski definition) is 1. The molecule has 0 bridgehead atoms. The first-order chi connectivity index (χ1) is 8.12. The molecule has 2 unspecified atom stereocenters. The third kappa shape index (κ3) is 3.82. The first-order valence-corrected chi connectivity index (χ1v) is 6.47. The van der Waals surface area contributed by atoms with Crippen LogP contribution >= 0.6 is 0 Å². The van der Waals surface area contributed by atoms with E-state index in [4.69, 9.17) is 4.74 Å². The van der Waals surface area contributed by atoms with Crippen molar-refractivity contribution in [3.8, 4) is 0 Å². The molecule has 98 valence electrons. The molecular formula is C13H24N2O2. The van der Waals surface area contributed by atoms with Gasteiger partial charge >= 0.3 is 0 Å². The zero-order valence-electron chi connectivity index (χ0n) is 11.3. The third-order valence-electron chi connectivity index (χ3n) is 2.97. The molecule has 0 aliphatic carbocycles. The smallest absolute Gasteiger partial charge is 0.0854 e. The molecule has 1 aromatic rings. The molecule has 1 heterocycles. The van der Waals surface area contributed by atoms with Gasteiger partial charge in [0, 0.05) is 25.3 Å². The Labute approximate surface area is 104 Å². The quantitative estimate of drug-likeness (QED) is 0.790. The van der Waals surface area contributed by atoms with Crippen LogP contribution in [0.15, 0.2) is 6.07 Å². The Hall–Kier alpha value is -0.870. The summed E-state index contributed by atoms with van der Waals surface area (Å²) in [5.74, 6) is 0. The molecule has 0 saturated carbocycles. The molecule has 0 radical (unpaired) electrons. The van der Waals surface area contributed by atoms with Gasteiger partial charge in [-0.15, -0.1) is 0 Å². The van der Waals surface area contributed by atoms with Crippen LogP contribution in [0.5, 0.6) is 0 Å². The fraction of sp³-hybridized carbons (Fsp3) is 0.769. The van der Waals surface area contributed by atoms with Gasteiger partial charge in [-0.25, -0.2) is 0 Å². The van der Waals surface area contributed by atoms with Crippen LogP contribution in [-0.4, -0.2) is 33.7 Å². The molecule has 0 spiro atoms. The van der Waals surface area contributed by atoms with Gasteiger partial charge in [-0.05, 0) is 33.3 Å². The monoisotopic (exact) mass is 240 g/mol. The summed E-state index contributed by atoms with van der Waals surface area (Å²) < 4.78 is 7.36. The van der Waals surface area contributed by atoms with E-state index in [9.17, 15) is 5.11 Å². The Kier molecular flexibility index (Phi) is 5.65. The molecule has 0 aromatic carbocycles. The molecule has 2 atom stereocenters. The van der Waals surface area contributed by atoms with Crippen molar-refractivity contribution >= 4 is 0 Å². The fourth-order valence-electron chi connectivity index (χ4n) is 1.88. The number of aliphatic hydroxyl groups excluding tert-OH is 1. The summed E-state index contributed by atoms with van der Waals surface area (Å²) in [6, 6.07) is 2.07. The Morgan fingerprint density at radius 2 is 2.12 bits per heavy atom. The van der Waals surface area contributed by atoms with Gasteiger partial charge in [-0.1, -0.05) is 6.92 Å². The summed E-state index contributed by atoms with van der Waals surface area (Å²) in [6.45, 7) is 9.46. The number of aryl methyl sites for hydroxylation is 2. The molecule has 17 heavy (non-hydrogen) atoms. The SMILES string of the molecule is CCOC(C)C(O)Cc1cc(CC)nn1CC. The molecular weight excluding hydrogens is 216 g/mol. The zero-order chi connectivity index (χ0) is 12.8. The Morgan fingerprint density at radius 3 is 2.65 bits per heavy atom. The molecule has 0 fully saturated rings. The summed E-state index contributed by atoms with van der Waals surface area (Å²) in [6.07, 6.45) is 0.922. The highest BCUT2D eigenvalue weighted by molar-refractivity contribution is 5.11. The Bertz CT molecular complexity index is 336. The Morgan fingerprint density at radius 1 is 1.41 bits per heavy atom. The number of nitrogens with zero attached hydrogens (tertiary/aromatic N) is 2. The second-order valence-corrected chi connectivity index (χ2v) is 4.23. The molecule has 0 saturated heterocycles. The van der Waals surface area contributed by atoms with Crippen LogP contribution in [0, 0.1) is 0 Å². The third-order valence-corrected chi connectivity index (χ3v) is 2.97. The molecule has 0 amide bonds. The van der Waals surface area contributed by atoms with E-state index >= 15 is 0 Å². The van der Waals surface area contributed by atoms with Crippen molar-refractivity contribution in [2.45, 2.75) is 59.3 Å². The van der Waals surface area contributed by atoms with Crippen LogP contribution in [0.25, 0.3) is 0 Å². The minimum atomic E-state index is -0.471. The van der Waals surface area contributed by atoms with Gasteiger partial charge in [-0.3, -0.25) is 4.68 Å². The highest BCUT2D eigenvalue weighted by atomic mass is 16.5. The number of rotatable bonds is 7. The standard InChI is InChI=1S/C13H24N2O2/c1-5-11-8-12(15(6-2)14-11)9-13(16)10(4)17-7-3/h8,10,13,16H,5-7,9H2,1-4H3. The maximum Gasteiger partial charge on any atom is 0.0854 e. The van der Waals surface area contributed by atoms with Gasteiger partial charge in [-0.2, -0.15) is 5.10 Å². The fourth-order valence-corrected chi connectivity index (χ4v) is 1.88. The second-order valence-electron chi connectivity index (χ2n) is 4.23. The number of aliphatic hydroxyl groups is 1. The van der Waals surface area contributed by atoms with E-state index in [1.54, 1.807) is 0 Å². The summed E-state index contributed by atoms with van der Waals surface area (Å²) >= 11 is 0. The predicted octanol–water partition coefficient (Wildman–Crippen LogP) is 1.79. The minimum Gasteiger partial charge on any atom is -0.390 e. The van der Waals surface area contributed by atoms with Crippen LogP contribution < -0.4 is 0 Å². The van der Waals surface area contributed by atoms with E-state index in [-0.39, 0.29) is 6.10 Å².